The summed E-state index contributed by atoms with van der Waals surface area (Å²) in [6.07, 6.45) is 2.78. The molecule has 34 heavy (non-hydrogen) atoms. The molecular weight excluding hydrogens is 432 g/mol. The van der Waals surface area contributed by atoms with Crippen LogP contribution in [0.4, 0.5) is 10.5 Å². The van der Waals surface area contributed by atoms with Gasteiger partial charge in [0, 0.05) is 23.2 Å². The number of tetrazole rings is 1. The van der Waals surface area contributed by atoms with E-state index in [0.29, 0.717) is 24.2 Å². The number of aromatic nitrogens is 5. The first-order valence-electron chi connectivity index (χ1n) is 11.7. The van der Waals surface area contributed by atoms with Crippen molar-refractivity contribution in [2.75, 3.05) is 11.9 Å². The number of anilines is 1. The van der Waals surface area contributed by atoms with Gasteiger partial charge in [-0.15, -0.1) is 5.10 Å². The Kier molecular flexibility index (Phi) is 5.91. The Labute approximate surface area is 197 Å². The van der Waals surface area contributed by atoms with Gasteiger partial charge in [-0.25, -0.2) is 9.89 Å². The van der Waals surface area contributed by atoms with Crippen LogP contribution in [0, 0.1) is 0 Å². The first kappa shape index (κ1) is 21.9. The van der Waals surface area contributed by atoms with Crippen LogP contribution in [0.25, 0.3) is 33.5 Å². The van der Waals surface area contributed by atoms with Gasteiger partial charge in [-0.05, 0) is 80.3 Å². The van der Waals surface area contributed by atoms with Crippen molar-refractivity contribution < 1.29 is 14.3 Å². The number of ether oxygens (including phenoxy) is 2. The first-order valence-corrected chi connectivity index (χ1v) is 11.7. The van der Waals surface area contributed by atoms with Crippen LogP contribution in [-0.4, -0.2) is 44.0 Å². The minimum absolute atomic E-state index is 0.183. The molecule has 0 radical (unpaired) electrons. The Hall–Kier alpha value is -3.88. The molecule has 1 amide bonds. The lowest BCUT2D eigenvalue weighted by Crippen LogP contribution is -2.18. The zero-order chi connectivity index (χ0) is 23.7. The lowest BCUT2D eigenvalue weighted by Gasteiger charge is -2.30. The third-order valence-electron chi connectivity index (χ3n) is 6.06. The van der Waals surface area contributed by atoms with E-state index in [4.69, 9.17) is 9.47 Å². The molecule has 0 bridgehead atoms. The van der Waals surface area contributed by atoms with Gasteiger partial charge in [0.2, 0.25) is 0 Å². The summed E-state index contributed by atoms with van der Waals surface area (Å²) in [7, 11) is 0. The SMILES string of the molecule is CCOc1ccc2c(-c3nnn[nH]3)c(-c3ccc(NC(=O)OC(C)C)cc3)n(C3CCC3)c2c1. The maximum atomic E-state index is 12.0. The summed E-state index contributed by atoms with van der Waals surface area (Å²) in [5.41, 5.74) is 4.77. The molecule has 9 heteroatoms. The lowest BCUT2D eigenvalue weighted by molar-refractivity contribution is 0.130. The topological polar surface area (TPSA) is 107 Å². The van der Waals surface area contributed by atoms with Crippen LogP contribution < -0.4 is 10.1 Å². The fourth-order valence-electron chi connectivity index (χ4n) is 4.43. The van der Waals surface area contributed by atoms with Gasteiger partial charge in [-0.2, -0.15) is 0 Å². The smallest absolute Gasteiger partial charge is 0.411 e. The molecule has 1 fully saturated rings. The van der Waals surface area contributed by atoms with E-state index in [1.54, 1.807) is 0 Å². The van der Waals surface area contributed by atoms with Gasteiger partial charge < -0.3 is 14.0 Å². The number of rotatable bonds is 7. The molecule has 0 atom stereocenters. The highest BCUT2D eigenvalue weighted by Crippen LogP contribution is 2.46. The second-order valence-electron chi connectivity index (χ2n) is 8.70. The molecule has 2 aromatic heterocycles. The van der Waals surface area contributed by atoms with E-state index in [2.05, 4.69) is 42.6 Å². The van der Waals surface area contributed by atoms with E-state index in [0.717, 1.165) is 46.3 Å². The van der Waals surface area contributed by atoms with E-state index in [-0.39, 0.29) is 6.10 Å². The summed E-state index contributed by atoms with van der Waals surface area (Å²) in [6.45, 7) is 6.23. The van der Waals surface area contributed by atoms with Gasteiger partial charge >= 0.3 is 6.09 Å². The van der Waals surface area contributed by atoms with Crippen molar-refractivity contribution >= 4 is 22.7 Å². The molecule has 2 N–H and O–H groups in total. The Morgan fingerprint density at radius 3 is 2.62 bits per heavy atom. The van der Waals surface area contributed by atoms with Gasteiger partial charge in [-0.1, -0.05) is 12.1 Å². The number of benzene rings is 2. The van der Waals surface area contributed by atoms with Crippen LogP contribution in [0.15, 0.2) is 42.5 Å². The number of hydrogen-bond donors (Lipinski definition) is 2. The molecular formula is C25H28N6O3. The van der Waals surface area contributed by atoms with Gasteiger partial charge in [0.25, 0.3) is 0 Å². The number of fused-ring (bicyclic) bond motifs is 1. The van der Waals surface area contributed by atoms with E-state index in [1.165, 1.54) is 6.42 Å². The zero-order valence-corrected chi connectivity index (χ0v) is 19.5. The van der Waals surface area contributed by atoms with Crippen molar-refractivity contribution in [2.45, 2.75) is 52.2 Å². The fourth-order valence-corrected chi connectivity index (χ4v) is 4.43. The molecule has 1 saturated carbocycles. The van der Waals surface area contributed by atoms with Crippen molar-refractivity contribution in [1.82, 2.24) is 25.2 Å². The largest absolute Gasteiger partial charge is 0.494 e. The van der Waals surface area contributed by atoms with Crippen LogP contribution in [0.3, 0.4) is 0 Å². The number of aromatic amines is 1. The fraction of sp³-hybridized carbons (Fsp3) is 0.360. The van der Waals surface area contributed by atoms with E-state index < -0.39 is 6.09 Å². The van der Waals surface area contributed by atoms with E-state index >= 15 is 0 Å². The molecule has 0 saturated heterocycles. The molecule has 1 aliphatic carbocycles. The van der Waals surface area contributed by atoms with Gasteiger partial charge in [0.05, 0.1) is 29.5 Å². The molecule has 0 aliphatic heterocycles. The number of hydrogen-bond acceptors (Lipinski definition) is 6. The average molecular weight is 461 g/mol. The number of amides is 1. The summed E-state index contributed by atoms with van der Waals surface area (Å²) in [6, 6.07) is 14.3. The highest BCUT2D eigenvalue weighted by atomic mass is 16.6. The molecule has 9 nitrogen and oxygen atoms in total. The second kappa shape index (κ2) is 9.17. The Balaban J connectivity index is 1.65. The molecule has 1 aliphatic rings. The molecule has 5 rings (SSSR count). The summed E-state index contributed by atoms with van der Waals surface area (Å²) in [4.78, 5) is 12.0. The van der Waals surface area contributed by atoms with E-state index in [9.17, 15) is 4.79 Å². The lowest BCUT2D eigenvalue weighted by atomic mass is 9.92. The van der Waals surface area contributed by atoms with Crippen LogP contribution in [0.5, 0.6) is 5.75 Å². The Bertz CT molecular complexity index is 1290. The molecule has 176 valence electrons. The predicted molar refractivity (Wildman–Crippen MR) is 130 cm³/mol. The van der Waals surface area contributed by atoms with Crippen LogP contribution in [0.1, 0.15) is 46.1 Å². The van der Waals surface area contributed by atoms with E-state index in [1.807, 2.05) is 51.1 Å². The maximum Gasteiger partial charge on any atom is 0.411 e. The van der Waals surface area contributed by atoms with Crippen molar-refractivity contribution in [2.24, 2.45) is 0 Å². The second-order valence-corrected chi connectivity index (χ2v) is 8.70. The maximum absolute atomic E-state index is 12.0. The number of nitrogens with one attached hydrogen (secondary N) is 2. The highest BCUT2D eigenvalue weighted by Gasteiger charge is 2.29. The Morgan fingerprint density at radius 1 is 1.21 bits per heavy atom. The molecule has 2 heterocycles. The van der Waals surface area contributed by atoms with Gasteiger partial charge in [0.15, 0.2) is 5.82 Å². The highest BCUT2D eigenvalue weighted by molar-refractivity contribution is 6.03. The quantitative estimate of drug-likeness (QED) is 0.373. The normalized spacial score (nSPS) is 13.8. The van der Waals surface area contributed by atoms with Crippen molar-refractivity contribution in [3.63, 3.8) is 0 Å². The predicted octanol–water partition coefficient (Wildman–Crippen LogP) is 5.57. The first-order chi connectivity index (χ1) is 16.5. The average Bonchev–Trinajstić information content (AvgIpc) is 3.39. The number of H-pyrrole nitrogens is 1. The summed E-state index contributed by atoms with van der Waals surface area (Å²) < 4.78 is 13.4. The summed E-state index contributed by atoms with van der Waals surface area (Å²) in [5, 5.41) is 18.7. The van der Waals surface area contributed by atoms with Crippen molar-refractivity contribution in [3.05, 3.63) is 42.5 Å². The minimum atomic E-state index is -0.469. The van der Waals surface area contributed by atoms with Crippen LogP contribution in [-0.2, 0) is 4.74 Å². The number of nitrogens with zero attached hydrogens (tertiary/aromatic N) is 4. The zero-order valence-electron chi connectivity index (χ0n) is 19.5. The third kappa shape index (κ3) is 4.09. The van der Waals surface area contributed by atoms with Crippen molar-refractivity contribution in [3.8, 4) is 28.4 Å². The standard InChI is InChI=1S/C25H28N6O3/c1-4-33-19-12-13-20-21(14-19)31(18-6-5-7-18)23(22(20)24-27-29-30-28-24)16-8-10-17(11-9-16)26-25(32)34-15(2)3/h8-15,18H,4-7H2,1-3H3,(H,26,32)(H,27,28,29,30). The summed E-state index contributed by atoms with van der Waals surface area (Å²) >= 11 is 0. The van der Waals surface area contributed by atoms with Crippen molar-refractivity contribution in [1.29, 1.82) is 0 Å². The Morgan fingerprint density at radius 2 is 2.00 bits per heavy atom. The van der Waals surface area contributed by atoms with Gasteiger partial charge in [-0.3, -0.25) is 5.32 Å². The number of carbonyl (C=O) groups is 1. The molecule has 2 aromatic carbocycles. The monoisotopic (exact) mass is 460 g/mol. The van der Waals surface area contributed by atoms with Gasteiger partial charge in [0.1, 0.15) is 5.75 Å². The van der Waals surface area contributed by atoms with Crippen LogP contribution >= 0.6 is 0 Å². The summed E-state index contributed by atoms with van der Waals surface area (Å²) in [5.74, 6) is 1.45. The molecule has 0 unspecified atom stereocenters. The molecule has 0 spiro atoms. The minimum Gasteiger partial charge on any atom is -0.494 e. The number of carbonyl (C=O) groups excluding carboxylic acids is 1. The third-order valence-corrected chi connectivity index (χ3v) is 6.06. The van der Waals surface area contributed by atoms with Crippen LogP contribution in [0.2, 0.25) is 0 Å². The molecule has 4 aromatic rings.